The summed E-state index contributed by atoms with van der Waals surface area (Å²) in [5.41, 5.74) is 10.4. The topological polar surface area (TPSA) is 251 Å². The van der Waals surface area contributed by atoms with E-state index in [1.165, 1.54) is 32.4 Å². The number of aliphatic hydroxyl groups excluding tert-OH is 2. The number of nitrogen functional groups attached to an aromatic ring is 2. The largest absolute Gasteiger partial charge is 0.408 e. The number of hydrogen-bond donors (Lipinski definition) is 5. The van der Waals surface area contributed by atoms with E-state index in [9.17, 15) is 24.4 Å². The first-order valence-electron chi connectivity index (χ1n) is 15.0. The summed E-state index contributed by atoms with van der Waals surface area (Å²) in [7, 11) is -2.53. The predicted octanol–water partition coefficient (Wildman–Crippen LogP) is -0.747. The van der Waals surface area contributed by atoms with Gasteiger partial charge in [0.2, 0.25) is 5.95 Å². The van der Waals surface area contributed by atoms with E-state index in [0.29, 0.717) is 13.1 Å². The van der Waals surface area contributed by atoms with Gasteiger partial charge in [0, 0.05) is 32.1 Å². The first-order chi connectivity index (χ1) is 22.0. The molecule has 254 valence electrons. The molecule has 0 aliphatic carbocycles. The molecule has 7 N–H and O–H groups in total. The van der Waals surface area contributed by atoms with Gasteiger partial charge in [-0.05, 0) is 26.2 Å². The summed E-state index contributed by atoms with van der Waals surface area (Å²) in [5, 5.41) is 21.0. The molecule has 2 saturated heterocycles. The highest BCUT2D eigenvalue weighted by Gasteiger charge is 2.45. The third kappa shape index (κ3) is 7.17. The molecule has 19 nitrogen and oxygen atoms in total. The van der Waals surface area contributed by atoms with Crippen molar-refractivity contribution in [2.24, 2.45) is 0 Å². The summed E-state index contributed by atoms with van der Waals surface area (Å²) in [5.74, 6) is -0.0484. The lowest BCUT2D eigenvalue weighted by atomic mass is 10.2. The number of aliphatic hydroxyl groups is 2. The summed E-state index contributed by atoms with van der Waals surface area (Å²) in [4.78, 5) is 41.2. The van der Waals surface area contributed by atoms with Crippen molar-refractivity contribution in [2.75, 3.05) is 57.9 Å². The number of nitrogens with two attached hydrogens (primary N) is 2. The minimum absolute atomic E-state index is 0.0484. The van der Waals surface area contributed by atoms with Crippen LogP contribution in [0.5, 0.6) is 0 Å². The number of nitrogens with one attached hydrogen (secondary N) is 1. The Morgan fingerprint density at radius 2 is 1.83 bits per heavy atom. The molecule has 2 aliphatic rings. The maximum absolute atomic E-state index is 14.5. The second-order valence-electron chi connectivity index (χ2n) is 11.1. The molecule has 5 rings (SSSR count). The molecule has 5 heterocycles. The summed E-state index contributed by atoms with van der Waals surface area (Å²) < 4.78 is 42.7. The molecule has 1 unspecified atom stereocenters. The zero-order valence-electron chi connectivity index (χ0n) is 25.8. The van der Waals surface area contributed by atoms with E-state index in [2.05, 4.69) is 24.8 Å². The monoisotopic (exact) mass is 668 g/mol. The van der Waals surface area contributed by atoms with Gasteiger partial charge in [0.25, 0.3) is 5.56 Å². The van der Waals surface area contributed by atoms with Gasteiger partial charge in [-0.25, -0.2) is 19.0 Å². The van der Waals surface area contributed by atoms with E-state index >= 15 is 0 Å². The summed E-state index contributed by atoms with van der Waals surface area (Å²) >= 11 is 0. The van der Waals surface area contributed by atoms with E-state index in [1.54, 1.807) is 7.05 Å². The van der Waals surface area contributed by atoms with E-state index in [0.717, 1.165) is 13.1 Å². The van der Waals surface area contributed by atoms with Crippen molar-refractivity contribution in [1.29, 1.82) is 0 Å². The Labute approximate surface area is 263 Å². The third-order valence-electron chi connectivity index (χ3n) is 8.21. The molecular weight excluding hydrogens is 627 g/mol. The highest BCUT2D eigenvalue weighted by molar-refractivity contribution is 7.51. The van der Waals surface area contributed by atoms with Crippen LogP contribution in [-0.4, -0.2) is 120 Å². The van der Waals surface area contributed by atoms with E-state index in [4.69, 9.17) is 30.0 Å². The van der Waals surface area contributed by atoms with Gasteiger partial charge in [0.1, 0.15) is 36.6 Å². The second-order valence-corrected chi connectivity index (χ2v) is 13.2. The smallest absolute Gasteiger partial charge is 0.394 e. The van der Waals surface area contributed by atoms with Crippen LogP contribution in [0.3, 0.4) is 0 Å². The standard InChI is InChI=1S/C26H41N10O9P/c1-4-34(5-2)9-8-33(3)46(41,45-16-11-21(43-17(16)12-37)35-7-6-19(27)30-26(35)40)42-13-18-15(38)10-20(44-18)36-14-29-22-23(36)31-25(28)32-24(22)39/h6-7,14-18,20-21,37-38H,4-5,8-13H2,1-3H3,(H2,27,30,40)(H3,28,31,32,39)/t15-,16-,17+,18+,20+,21+,46?/m0/s1. The highest BCUT2D eigenvalue weighted by atomic mass is 31.2. The molecule has 3 aromatic heterocycles. The van der Waals surface area contributed by atoms with Crippen LogP contribution in [0.25, 0.3) is 11.2 Å². The first kappa shape index (κ1) is 34.1. The van der Waals surface area contributed by atoms with Crippen LogP contribution in [0.4, 0.5) is 11.8 Å². The number of likely N-dealkylation sites (N-methyl/N-ethyl adjacent to an activating group) is 2. The normalized spacial score (nSPS) is 26.4. The molecule has 2 fully saturated rings. The van der Waals surface area contributed by atoms with Crippen LogP contribution in [0.1, 0.15) is 39.1 Å². The van der Waals surface area contributed by atoms with Crippen LogP contribution in [0, 0.1) is 0 Å². The maximum Gasteiger partial charge on any atom is 0.408 e. The number of hydrogen-bond acceptors (Lipinski definition) is 15. The second kappa shape index (κ2) is 14.2. The van der Waals surface area contributed by atoms with E-state index in [1.807, 2.05) is 13.8 Å². The van der Waals surface area contributed by atoms with Gasteiger partial charge in [-0.3, -0.25) is 28.0 Å². The van der Waals surface area contributed by atoms with Crippen LogP contribution in [-0.2, 0) is 23.1 Å². The lowest BCUT2D eigenvalue weighted by Crippen LogP contribution is -2.36. The quantitative estimate of drug-likeness (QED) is 0.133. The van der Waals surface area contributed by atoms with Crippen molar-refractivity contribution in [3.8, 4) is 0 Å². The number of fused-ring (bicyclic) bond motifs is 1. The van der Waals surface area contributed by atoms with E-state index < -0.39 is 62.5 Å². The van der Waals surface area contributed by atoms with Crippen LogP contribution in [0.15, 0.2) is 28.2 Å². The highest BCUT2D eigenvalue weighted by Crippen LogP contribution is 2.54. The predicted molar refractivity (Wildman–Crippen MR) is 164 cm³/mol. The zero-order valence-corrected chi connectivity index (χ0v) is 26.7. The van der Waals surface area contributed by atoms with Crippen LogP contribution < -0.4 is 22.7 Å². The summed E-state index contributed by atoms with van der Waals surface area (Å²) in [6.07, 6.45) is -2.51. The van der Waals surface area contributed by atoms with Gasteiger partial charge in [-0.15, -0.1) is 0 Å². The lowest BCUT2D eigenvalue weighted by Gasteiger charge is -2.32. The Kier molecular flexibility index (Phi) is 10.6. The Bertz CT molecular complexity index is 1660. The van der Waals surface area contributed by atoms with E-state index in [-0.39, 0.29) is 42.4 Å². The number of imidazole rings is 1. The molecule has 0 saturated carbocycles. The molecule has 2 aliphatic heterocycles. The van der Waals surface area contributed by atoms with Gasteiger partial charge in [0.15, 0.2) is 11.2 Å². The fraction of sp³-hybridized carbons (Fsp3) is 0.654. The average molecular weight is 669 g/mol. The van der Waals surface area contributed by atoms with Crippen molar-refractivity contribution in [3.63, 3.8) is 0 Å². The van der Waals surface area contributed by atoms with Crippen molar-refractivity contribution in [3.05, 3.63) is 39.4 Å². The molecule has 0 radical (unpaired) electrons. The van der Waals surface area contributed by atoms with Gasteiger partial charge in [0.05, 0.1) is 25.6 Å². The molecule has 7 atom stereocenters. The van der Waals surface area contributed by atoms with Crippen molar-refractivity contribution in [1.82, 2.24) is 38.6 Å². The number of aromatic nitrogens is 6. The molecule has 46 heavy (non-hydrogen) atoms. The Balaban J connectivity index is 1.33. The maximum atomic E-state index is 14.5. The summed E-state index contributed by atoms with van der Waals surface area (Å²) in [6, 6.07) is 1.44. The first-order valence-corrected chi connectivity index (χ1v) is 16.5. The number of H-pyrrole nitrogens is 1. The Morgan fingerprint density at radius 3 is 2.52 bits per heavy atom. The van der Waals surface area contributed by atoms with Crippen molar-refractivity contribution in [2.45, 2.75) is 63.6 Å². The molecule has 0 aromatic carbocycles. The van der Waals surface area contributed by atoms with Gasteiger partial charge < -0.3 is 36.1 Å². The number of ether oxygens (including phenoxy) is 2. The van der Waals surface area contributed by atoms with Crippen molar-refractivity contribution < 1.29 is 33.3 Å². The Morgan fingerprint density at radius 1 is 1.11 bits per heavy atom. The van der Waals surface area contributed by atoms with Crippen LogP contribution >= 0.6 is 7.75 Å². The number of nitrogens with zero attached hydrogens (tertiary/aromatic N) is 7. The zero-order chi connectivity index (χ0) is 33.2. The molecule has 20 heteroatoms. The van der Waals surface area contributed by atoms with Crippen LogP contribution in [0.2, 0.25) is 0 Å². The lowest BCUT2D eigenvalue weighted by molar-refractivity contribution is -0.0545. The minimum Gasteiger partial charge on any atom is -0.394 e. The minimum atomic E-state index is -4.13. The Hall–Kier alpha value is -3.26. The molecule has 0 spiro atoms. The molecule has 3 aromatic rings. The number of aromatic amines is 1. The average Bonchev–Trinajstić information content (AvgIpc) is 3.73. The fourth-order valence-electron chi connectivity index (χ4n) is 5.48. The van der Waals surface area contributed by atoms with Gasteiger partial charge in [-0.1, -0.05) is 13.8 Å². The summed E-state index contributed by atoms with van der Waals surface area (Å²) in [6.45, 7) is 5.67. The third-order valence-corrected chi connectivity index (χ3v) is 10.3. The SMILES string of the molecule is CCN(CC)CCN(C)P(=O)(OC[C@H]1O[C@@H](n2cnc3c(=O)[nH]c(N)nc32)C[C@@H]1O)O[C@H]1C[C@H](n2ccc(N)nc2=O)O[C@@H]1CO. The van der Waals surface area contributed by atoms with Crippen molar-refractivity contribution >= 4 is 30.7 Å². The van der Waals surface area contributed by atoms with Gasteiger partial charge in [-0.2, -0.15) is 9.97 Å². The fourth-order valence-corrected chi connectivity index (χ4v) is 7.13. The number of rotatable bonds is 14. The molecular formula is C26H41N10O9P. The molecule has 0 bridgehead atoms. The van der Waals surface area contributed by atoms with Gasteiger partial charge >= 0.3 is 13.4 Å². The number of anilines is 2. The molecule has 0 amide bonds.